The van der Waals surface area contributed by atoms with E-state index in [0.717, 1.165) is 55.2 Å². The first-order valence-electron chi connectivity index (χ1n) is 10.3. The lowest BCUT2D eigenvalue weighted by atomic mass is 9.85. The summed E-state index contributed by atoms with van der Waals surface area (Å²) >= 11 is 0. The van der Waals surface area contributed by atoms with Gasteiger partial charge in [0.05, 0.1) is 17.5 Å². The highest BCUT2D eigenvalue weighted by Gasteiger charge is 2.29. The van der Waals surface area contributed by atoms with Crippen LogP contribution in [0.15, 0.2) is 48.8 Å². The van der Waals surface area contributed by atoms with Gasteiger partial charge in [-0.25, -0.2) is 4.98 Å². The molecule has 3 aromatic rings. The van der Waals surface area contributed by atoms with Crippen molar-refractivity contribution in [1.29, 1.82) is 0 Å². The SMILES string of the molecule is O=C(NC1Cc2ccccc2C1)C1CCC(Nc2cccc3[nH]cnc23)CC1. The van der Waals surface area contributed by atoms with Gasteiger partial charge in [0.2, 0.25) is 5.91 Å². The minimum Gasteiger partial charge on any atom is -0.381 e. The molecule has 2 aromatic carbocycles. The molecule has 0 spiro atoms. The lowest BCUT2D eigenvalue weighted by molar-refractivity contribution is -0.126. The number of carbonyl (C=O) groups is 1. The Kier molecular flexibility index (Phi) is 4.51. The maximum absolute atomic E-state index is 12.8. The Labute approximate surface area is 164 Å². The van der Waals surface area contributed by atoms with Crippen LogP contribution < -0.4 is 10.6 Å². The summed E-state index contributed by atoms with van der Waals surface area (Å²) in [5.41, 5.74) is 5.88. The standard InChI is InChI=1S/C23H26N4O/c28-23(27-19-12-16-4-1-2-5-17(16)13-19)15-8-10-18(11-9-15)26-21-7-3-6-20-22(21)25-14-24-20/h1-7,14-15,18-19,26H,8-13H2,(H,24,25)(H,27,28). The Morgan fingerprint density at radius 2 is 1.68 bits per heavy atom. The van der Waals surface area contributed by atoms with Crippen molar-refractivity contribution in [2.45, 2.75) is 50.6 Å². The number of hydrogen-bond acceptors (Lipinski definition) is 3. The molecule has 3 N–H and O–H groups in total. The first kappa shape index (κ1) is 17.3. The van der Waals surface area contributed by atoms with Crippen molar-refractivity contribution < 1.29 is 4.79 Å². The van der Waals surface area contributed by atoms with Crippen LogP contribution in [0.1, 0.15) is 36.8 Å². The van der Waals surface area contributed by atoms with E-state index in [0.29, 0.717) is 6.04 Å². The number of rotatable bonds is 4. The van der Waals surface area contributed by atoms with Crippen LogP contribution in [0.5, 0.6) is 0 Å². The summed E-state index contributed by atoms with van der Waals surface area (Å²) in [6, 6.07) is 15.4. The lowest BCUT2D eigenvalue weighted by Crippen LogP contribution is -2.41. The molecule has 1 amide bonds. The molecule has 0 unspecified atom stereocenters. The Morgan fingerprint density at radius 1 is 0.929 bits per heavy atom. The van der Waals surface area contributed by atoms with E-state index in [9.17, 15) is 4.79 Å². The summed E-state index contributed by atoms with van der Waals surface area (Å²) in [5.74, 6) is 0.383. The van der Waals surface area contributed by atoms with Gasteiger partial charge in [-0.3, -0.25) is 4.79 Å². The molecule has 0 aliphatic heterocycles. The van der Waals surface area contributed by atoms with Crippen molar-refractivity contribution in [1.82, 2.24) is 15.3 Å². The molecule has 1 aromatic heterocycles. The third-order valence-electron chi connectivity index (χ3n) is 6.30. The van der Waals surface area contributed by atoms with E-state index in [1.54, 1.807) is 6.33 Å². The van der Waals surface area contributed by atoms with Gasteiger partial charge in [0.1, 0.15) is 5.52 Å². The molecule has 0 atom stereocenters. The Hall–Kier alpha value is -2.82. The zero-order chi connectivity index (χ0) is 18.9. The summed E-state index contributed by atoms with van der Waals surface area (Å²) in [4.78, 5) is 20.3. The molecule has 1 saturated carbocycles. The average Bonchev–Trinajstić information content (AvgIpc) is 3.35. The maximum atomic E-state index is 12.8. The zero-order valence-corrected chi connectivity index (χ0v) is 15.9. The summed E-state index contributed by atoms with van der Waals surface area (Å²) in [5, 5.41) is 6.95. The normalized spacial score (nSPS) is 22.1. The van der Waals surface area contributed by atoms with Gasteiger partial charge in [0.25, 0.3) is 0 Å². The van der Waals surface area contributed by atoms with E-state index >= 15 is 0 Å². The number of aromatic nitrogens is 2. The number of fused-ring (bicyclic) bond motifs is 2. The number of H-pyrrole nitrogens is 1. The third kappa shape index (κ3) is 3.37. The molecule has 5 heteroatoms. The number of aromatic amines is 1. The molecule has 2 aliphatic carbocycles. The van der Waals surface area contributed by atoms with Crippen LogP contribution in [-0.4, -0.2) is 28.0 Å². The highest BCUT2D eigenvalue weighted by molar-refractivity contribution is 5.88. The van der Waals surface area contributed by atoms with E-state index in [-0.39, 0.29) is 17.9 Å². The van der Waals surface area contributed by atoms with E-state index in [4.69, 9.17) is 0 Å². The molecule has 2 aliphatic rings. The zero-order valence-electron chi connectivity index (χ0n) is 15.9. The molecule has 1 heterocycles. The van der Waals surface area contributed by atoms with Gasteiger partial charge in [-0.15, -0.1) is 0 Å². The molecule has 0 saturated heterocycles. The van der Waals surface area contributed by atoms with Crippen LogP contribution in [0.4, 0.5) is 5.69 Å². The van der Waals surface area contributed by atoms with Crippen molar-refractivity contribution in [2.75, 3.05) is 5.32 Å². The van der Waals surface area contributed by atoms with Crippen LogP contribution in [-0.2, 0) is 17.6 Å². The van der Waals surface area contributed by atoms with Crippen LogP contribution in [0.3, 0.4) is 0 Å². The Morgan fingerprint density at radius 3 is 2.43 bits per heavy atom. The second-order valence-corrected chi connectivity index (χ2v) is 8.18. The van der Waals surface area contributed by atoms with Gasteiger partial charge in [-0.1, -0.05) is 30.3 Å². The fourth-order valence-corrected chi connectivity index (χ4v) is 4.78. The molecular formula is C23H26N4O. The highest BCUT2D eigenvalue weighted by Crippen LogP contribution is 2.29. The fraction of sp³-hybridized carbons (Fsp3) is 0.391. The van der Waals surface area contributed by atoms with Gasteiger partial charge in [-0.05, 0) is 61.8 Å². The molecule has 144 valence electrons. The average molecular weight is 374 g/mol. The van der Waals surface area contributed by atoms with Crippen LogP contribution in [0.25, 0.3) is 11.0 Å². The lowest BCUT2D eigenvalue weighted by Gasteiger charge is -2.30. The summed E-state index contributed by atoms with van der Waals surface area (Å²) < 4.78 is 0. The molecule has 5 rings (SSSR count). The van der Waals surface area contributed by atoms with Crippen molar-refractivity contribution in [3.63, 3.8) is 0 Å². The summed E-state index contributed by atoms with van der Waals surface area (Å²) in [6.45, 7) is 0. The summed E-state index contributed by atoms with van der Waals surface area (Å²) in [7, 11) is 0. The molecule has 5 nitrogen and oxygen atoms in total. The van der Waals surface area contributed by atoms with Gasteiger partial charge >= 0.3 is 0 Å². The predicted molar refractivity (Wildman–Crippen MR) is 111 cm³/mol. The highest BCUT2D eigenvalue weighted by atomic mass is 16.1. The smallest absolute Gasteiger partial charge is 0.223 e. The van der Waals surface area contributed by atoms with Gasteiger partial charge in [0.15, 0.2) is 0 Å². The first-order chi connectivity index (χ1) is 13.8. The second-order valence-electron chi connectivity index (χ2n) is 8.18. The van der Waals surface area contributed by atoms with Crippen LogP contribution in [0, 0.1) is 5.92 Å². The van der Waals surface area contributed by atoms with Crippen LogP contribution >= 0.6 is 0 Å². The minimum atomic E-state index is 0.142. The second kappa shape index (κ2) is 7.30. The van der Waals surface area contributed by atoms with E-state index in [2.05, 4.69) is 50.9 Å². The quantitative estimate of drug-likeness (QED) is 0.650. The Bertz CT molecular complexity index is 962. The van der Waals surface area contributed by atoms with Gasteiger partial charge in [-0.2, -0.15) is 0 Å². The van der Waals surface area contributed by atoms with E-state index < -0.39 is 0 Å². The topological polar surface area (TPSA) is 69.8 Å². The van der Waals surface area contributed by atoms with Crippen molar-refractivity contribution in [3.8, 4) is 0 Å². The number of para-hydroxylation sites is 1. The third-order valence-corrected chi connectivity index (χ3v) is 6.30. The number of amides is 1. The van der Waals surface area contributed by atoms with Crippen molar-refractivity contribution >= 4 is 22.6 Å². The molecule has 1 fully saturated rings. The van der Waals surface area contributed by atoms with Crippen LogP contribution in [0.2, 0.25) is 0 Å². The van der Waals surface area contributed by atoms with Gasteiger partial charge in [0, 0.05) is 18.0 Å². The molecular weight excluding hydrogens is 348 g/mol. The molecule has 28 heavy (non-hydrogen) atoms. The summed E-state index contributed by atoms with van der Waals surface area (Å²) in [6.07, 6.45) is 7.59. The number of nitrogens with zero attached hydrogens (tertiary/aromatic N) is 1. The number of nitrogens with one attached hydrogen (secondary N) is 3. The number of anilines is 1. The predicted octanol–water partition coefficient (Wildman–Crippen LogP) is 3.82. The maximum Gasteiger partial charge on any atom is 0.223 e. The molecule has 0 bridgehead atoms. The monoisotopic (exact) mass is 374 g/mol. The van der Waals surface area contributed by atoms with Gasteiger partial charge < -0.3 is 15.6 Å². The number of carbonyl (C=O) groups excluding carboxylic acids is 1. The van der Waals surface area contributed by atoms with E-state index in [1.165, 1.54) is 11.1 Å². The number of imidazole rings is 1. The van der Waals surface area contributed by atoms with Crippen molar-refractivity contribution in [2.24, 2.45) is 5.92 Å². The minimum absolute atomic E-state index is 0.142. The number of hydrogen-bond donors (Lipinski definition) is 3. The van der Waals surface area contributed by atoms with E-state index in [1.807, 2.05) is 12.1 Å². The first-order valence-corrected chi connectivity index (χ1v) is 10.3. The number of benzene rings is 2. The Balaban J connectivity index is 1.14. The fourth-order valence-electron chi connectivity index (χ4n) is 4.78. The van der Waals surface area contributed by atoms with Crippen molar-refractivity contribution in [3.05, 3.63) is 59.9 Å². The molecule has 0 radical (unpaired) electrons. The largest absolute Gasteiger partial charge is 0.381 e.